The van der Waals surface area contributed by atoms with Gasteiger partial charge in [0.2, 0.25) is 5.88 Å². The third kappa shape index (κ3) is 3.69. The minimum atomic E-state index is -1.07. The average molecular weight is 294 g/mol. The molecule has 0 bridgehead atoms. The molecule has 2 rings (SSSR count). The van der Waals surface area contributed by atoms with Crippen LogP contribution >= 0.6 is 0 Å². The van der Waals surface area contributed by atoms with Crippen LogP contribution in [0.15, 0.2) is 18.3 Å². The average Bonchev–Trinajstić information content (AvgIpc) is 2.46. The van der Waals surface area contributed by atoms with Crippen LogP contribution in [0.4, 0.5) is 0 Å². The van der Waals surface area contributed by atoms with Crippen LogP contribution in [-0.2, 0) is 9.53 Å². The van der Waals surface area contributed by atoms with Gasteiger partial charge in [0.25, 0.3) is 5.91 Å². The number of hydrogen-bond donors (Lipinski definition) is 1. The molecule has 1 aliphatic heterocycles. The van der Waals surface area contributed by atoms with Gasteiger partial charge in [0.15, 0.2) is 6.04 Å². The minimum Gasteiger partial charge on any atom is -0.480 e. The van der Waals surface area contributed by atoms with Crippen LogP contribution in [0.3, 0.4) is 0 Å². The molecule has 2 heterocycles. The number of pyridine rings is 1. The molecule has 0 aromatic carbocycles. The molecule has 0 saturated carbocycles. The van der Waals surface area contributed by atoms with Gasteiger partial charge >= 0.3 is 5.97 Å². The number of nitrogens with zero attached hydrogens (tertiary/aromatic N) is 2. The number of carbonyl (C=O) groups excluding carboxylic acids is 1. The lowest BCUT2D eigenvalue weighted by molar-refractivity contribution is -0.147. The zero-order valence-electron chi connectivity index (χ0n) is 12.0. The fraction of sp³-hybridized carbons (Fsp3) is 0.500. The molecule has 114 valence electrons. The molecule has 7 nitrogen and oxygen atoms in total. The van der Waals surface area contributed by atoms with E-state index in [9.17, 15) is 9.59 Å². The van der Waals surface area contributed by atoms with E-state index in [-0.39, 0.29) is 25.2 Å². The molecule has 0 spiro atoms. The summed E-state index contributed by atoms with van der Waals surface area (Å²) in [6.07, 6.45) is 1.39. The van der Waals surface area contributed by atoms with Crippen molar-refractivity contribution in [3.8, 4) is 5.88 Å². The van der Waals surface area contributed by atoms with Gasteiger partial charge < -0.3 is 19.5 Å². The van der Waals surface area contributed by atoms with E-state index in [2.05, 4.69) is 4.98 Å². The van der Waals surface area contributed by atoms with Crippen molar-refractivity contribution in [3.63, 3.8) is 0 Å². The maximum atomic E-state index is 12.4. The highest BCUT2D eigenvalue weighted by Crippen LogP contribution is 2.15. The number of aliphatic carboxylic acids is 1. The van der Waals surface area contributed by atoms with Crippen LogP contribution in [0, 0.1) is 0 Å². The quantitative estimate of drug-likeness (QED) is 0.883. The highest BCUT2D eigenvalue weighted by Gasteiger charge is 2.33. The highest BCUT2D eigenvalue weighted by atomic mass is 16.5. The number of rotatable bonds is 4. The van der Waals surface area contributed by atoms with Crippen molar-refractivity contribution in [1.29, 1.82) is 0 Å². The first kappa shape index (κ1) is 15.2. The van der Waals surface area contributed by atoms with Crippen LogP contribution in [0.25, 0.3) is 0 Å². The molecule has 21 heavy (non-hydrogen) atoms. The van der Waals surface area contributed by atoms with Gasteiger partial charge in [-0.05, 0) is 19.9 Å². The summed E-state index contributed by atoms with van der Waals surface area (Å²) < 4.78 is 10.5. The standard InChI is InChI=1S/C14H18N2O5/c1-9(2)21-12-4-3-10(7-15-12)13(17)16-5-6-20-8-11(16)14(18)19/h3-4,7,9,11H,5-6,8H2,1-2H3,(H,18,19)/t11-/m0/s1. The van der Waals surface area contributed by atoms with Crippen molar-refractivity contribution in [3.05, 3.63) is 23.9 Å². The first-order valence-corrected chi connectivity index (χ1v) is 6.73. The Bertz CT molecular complexity index is 515. The summed E-state index contributed by atoms with van der Waals surface area (Å²) in [5.41, 5.74) is 0.333. The minimum absolute atomic E-state index is 0.00302. The summed E-state index contributed by atoms with van der Waals surface area (Å²) in [7, 11) is 0. The first-order chi connectivity index (χ1) is 9.99. The number of carboxylic acid groups (broad SMARTS) is 1. The Morgan fingerprint density at radius 2 is 2.24 bits per heavy atom. The van der Waals surface area contributed by atoms with Crippen molar-refractivity contribution in [2.24, 2.45) is 0 Å². The first-order valence-electron chi connectivity index (χ1n) is 6.73. The lowest BCUT2D eigenvalue weighted by Gasteiger charge is -2.32. The monoisotopic (exact) mass is 294 g/mol. The summed E-state index contributed by atoms with van der Waals surface area (Å²) >= 11 is 0. The van der Waals surface area contributed by atoms with E-state index >= 15 is 0 Å². The number of carbonyl (C=O) groups is 2. The molecular formula is C14H18N2O5. The summed E-state index contributed by atoms with van der Waals surface area (Å²) in [6, 6.07) is 2.23. The third-order valence-corrected chi connectivity index (χ3v) is 3.01. The van der Waals surface area contributed by atoms with E-state index < -0.39 is 12.0 Å². The maximum Gasteiger partial charge on any atom is 0.328 e. The lowest BCUT2D eigenvalue weighted by Crippen LogP contribution is -2.52. The Morgan fingerprint density at radius 1 is 1.48 bits per heavy atom. The van der Waals surface area contributed by atoms with Crippen molar-refractivity contribution in [2.45, 2.75) is 26.0 Å². The van der Waals surface area contributed by atoms with Gasteiger partial charge in [-0.1, -0.05) is 0 Å². The van der Waals surface area contributed by atoms with Crippen LogP contribution in [0.5, 0.6) is 5.88 Å². The Labute approximate surface area is 122 Å². The molecule has 1 N–H and O–H groups in total. The molecule has 1 atom stereocenters. The van der Waals surface area contributed by atoms with Crippen molar-refractivity contribution in [1.82, 2.24) is 9.88 Å². The number of aromatic nitrogens is 1. The zero-order valence-corrected chi connectivity index (χ0v) is 12.0. The van der Waals surface area contributed by atoms with Gasteiger partial charge in [-0.25, -0.2) is 9.78 Å². The number of morpholine rings is 1. The summed E-state index contributed by atoms with van der Waals surface area (Å²) in [5.74, 6) is -1.01. The SMILES string of the molecule is CC(C)Oc1ccc(C(=O)N2CCOC[C@H]2C(=O)O)cn1. The topological polar surface area (TPSA) is 89.0 Å². The predicted molar refractivity (Wildman–Crippen MR) is 73.3 cm³/mol. The summed E-state index contributed by atoms with van der Waals surface area (Å²) in [5, 5.41) is 9.14. The number of carboxylic acids is 1. The second-order valence-electron chi connectivity index (χ2n) is 4.98. The molecule has 1 fully saturated rings. The number of ether oxygens (including phenoxy) is 2. The van der Waals surface area contributed by atoms with Crippen molar-refractivity contribution >= 4 is 11.9 Å². The van der Waals surface area contributed by atoms with E-state index in [0.717, 1.165) is 0 Å². The summed E-state index contributed by atoms with van der Waals surface area (Å²) in [4.78, 5) is 28.9. The van der Waals surface area contributed by atoms with Gasteiger partial charge in [-0.2, -0.15) is 0 Å². The second kappa shape index (κ2) is 6.53. The van der Waals surface area contributed by atoms with E-state index in [1.807, 2.05) is 13.8 Å². The zero-order chi connectivity index (χ0) is 15.4. The van der Waals surface area contributed by atoms with E-state index in [4.69, 9.17) is 14.6 Å². The number of hydrogen-bond acceptors (Lipinski definition) is 5. The Morgan fingerprint density at radius 3 is 2.81 bits per heavy atom. The molecule has 0 aliphatic carbocycles. The van der Waals surface area contributed by atoms with Gasteiger partial charge in [0, 0.05) is 18.8 Å². The molecule has 1 aromatic heterocycles. The lowest BCUT2D eigenvalue weighted by atomic mass is 10.1. The van der Waals surface area contributed by atoms with Gasteiger partial charge in [-0.15, -0.1) is 0 Å². The third-order valence-electron chi connectivity index (χ3n) is 3.01. The molecular weight excluding hydrogens is 276 g/mol. The van der Waals surface area contributed by atoms with Gasteiger partial charge in [0.1, 0.15) is 0 Å². The highest BCUT2D eigenvalue weighted by molar-refractivity contribution is 5.96. The van der Waals surface area contributed by atoms with Gasteiger partial charge in [0.05, 0.1) is 24.9 Å². The van der Waals surface area contributed by atoms with E-state index in [1.165, 1.54) is 11.1 Å². The van der Waals surface area contributed by atoms with Crippen LogP contribution < -0.4 is 4.74 Å². The molecule has 1 amide bonds. The van der Waals surface area contributed by atoms with Gasteiger partial charge in [-0.3, -0.25) is 4.79 Å². The van der Waals surface area contributed by atoms with Crippen molar-refractivity contribution in [2.75, 3.05) is 19.8 Å². The number of amides is 1. The fourth-order valence-corrected chi connectivity index (χ4v) is 2.04. The summed E-state index contributed by atoms with van der Waals surface area (Å²) in [6.45, 7) is 4.35. The Kier molecular flexibility index (Phi) is 4.74. The van der Waals surface area contributed by atoms with Crippen molar-refractivity contribution < 1.29 is 24.2 Å². The molecule has 7 heteroatoms. The Hall–Kier alpha value is -2.15. The molecule has 1 saturated heterocycles. The molecule has 0 radical (unpaired) electrons. The second-order valence-corrected chi connectivity index (χ2v) is 4.98. The van der Waals surface area contributed by atoms with Crippen LogP contribution in [-0.4, -0.2) is 58.8 Å². The Balaban J connectivity index is 2.12. The smallest absolute Gasteiger partial charge is 0.328 e. The molecule has 0 unspecified atom stereocenters. The molecule has 1 aromatic rings. The van der Waals surface area contributed by atoms with E-state index in [1.54, 1.807) is 12.1 Å². The molecule has 1 aliphatic rings. The van der Waals surface area contributed by atoms with Crippen LogP contribution in [0.1, 0.15) is 24.2 Å². The fourth-order valence-electron chi connectivity index (χ4n) is 2.04. The van der Waals surface area contributed by atoms with E-state index in [0.29, 0.717) is 18.1 Å². The predicted octanol–water partition coefficient (Wildman–Crippen LogP) is 0.794. The van der Waals surface area contributed by atoms with Crippen LogP contribution in [0.2, 0.25) is 0 Å². The maximum absolute atomic E-state index is 12.4. The largest absolute Gasteiger partial charge is 0.480 e. The normalized spacial score (nSPS) is 18.6.